The molecule has 2 amide bonds. The molecule has 3 N–H and O–H groups in total. The van der Waals surface area contributed by atoms with Gasteiger partial charge in [-0.1, -0.05) is 36.4 Å². The van der Waals surface area contributed by atoms with Crippen LogP contribution in [-0.2, 0) is 16.0 Å². The molecule has 3 atom stereocenters. The highest BCUT2D eigenvalue weighted by Gasteiger charge is 2.50. The van der Waals surface area contributed by atoms with Gasteiger partial charge in [0.2, 0.25) is 0 Å². The molecule has 1 aliphatic heterocycles. The summed E-state index contributed by atoms with van der Waals surface area (Å²) < 4.78 is 13.2. The zero-order valence-corrected chi connectivity index (χ0v) is 19.4. The van der Waals surface area contributed by atoms with Crippen LogP contribution in [0, 0.1) is 12.7 Å². The van der Waals surface area contributed by atoms with Gasteiger partial charge >= 0.3 is 5.97 Å². The van der Waals surface area contributed by atoms with Gasteiger partial charge in [-0.15, -0.1) is 11.8 Å². The molecule has 0 saturated carbocycles. The molecular formula is C24H27FN2O5S. The minimum absolute atomic E-state index is 0.0917. The van der Waals surface area contributed by atoms with Crippen LogP contribution < -0.4 is 5.32 Å². The van der Waals surface area contributed by atoms with Crippen LogP contribution in [-0.4, -0.2) is 61.7 Å². The Balaban J connectivity index is 1.88. The lowest BCUT2D eigenvalue weighted by Gasteiger charge is -2.31. The average molecular weight is 475 g/mol. The van der Waals surface area contributed by atoms with Crippen LogP contribution in [0.25, 0.3) is 0 Å². The average Bonchev–Trinajstić information content (AvgIpc) is 3.10. The van der Waals surface area contributed by atoms with Crippen LogP contribution in [0.4, 0.5) is 4.39 Å². The number of nitrogens with zero attached hydrogens (tertiary/aromatic N) is 1. The largest absolute Gasteiger partial charge is 0.480 e. The van der Waals surface area contributed by atoms with E-state index in [-0.39, 0.29) is 23.4 Å². The van der Waals surface area contributed by atoms with E-state index in [4.69, 9.17) is 0 Å². The third kappa shape index (κ3) is 5.36. The zero-order chi connectivity index (χ0) is 24.3. The molecule has 1 heterocycles. The minimum atomic E-state index is -1.70. The number of carboxylic acid groups (broad SMARTS) is 1. The molecule has 0 radical (unpaired) electrons. The van der Waals surface area contributed by atoms with E-state index in [1.807, 2.05) is 6.07 Å². The van der Waals surface area contributed by atoms with E-state index in [1.54, 1.807) is 38.1 Å². The molecule has 0 unspecified atom stereocenters. The third-order valence-electron chi connectivity index (χ3n) is 5.82. The fraction of sp³-hybridized carbons (Fsp3) is 0.375. The number of aliphatic hydroxyl groups is 1. The fourth-order valence-corrected chi connectivity index (χ4v) is 5.07. The first-order chi connectivity index (χ1) is 15.5. The summed E-state index contributed by atoms with van der Waals surface area (Å²) in [7, 11) is 0. The maximum Gasteiger partial charge on any atom is 0.327 e. The number of rotatable bonds is 7. The Labute approximate surface area is 196 Å². The van der Waals surface area contributed by atoms with Gasteiger partial charge in [0, 0.05) is 10.3 Å². The van der Waals surface area contributed by atoms with E-state index < -0.39 is 46.5 Å². The third-order valence-corrected chi connectivity index (χ3v) is 7.20. The van der Waals surface area contributed by atoms with Crippen LogP contribution in [0.15, 0.2) is 48.5 Å². The summed E-state index contributed by atoms with van der Waals surface area (Å²) in [4.78, 5) is 39.1. The second-order valence-corrected chi connectivity index (χ2v) is 10.2. The molecule has 9 heteroatoms. The van der Waals surface area contributed by atoms with Crippen molar-refractivity contribution in [1.82, 2.24) is 10.2 Å². The van der Waals surface area contributed by atoms with Gasteiger partial charge in [-0.3, -0.25) is 9.59 Å². The number of aliphatic hydroxyl groups excluding tert-OH is 1. The predicted molar refractivity (Wildman–Crippen MR) is 123 cm³/mol. The number of halogens is 1. The highest BCUT2D eigenvalue weighted by Crippen LogP contribution is 2.39. The summed E-state index contributed by atoms with van der Waals surface area (Å²) in [5, 5.41) is 23.3. The maximum atomic E-state index is 14.0. The highest BCUT2D eigenvalue weighted by atomic mass is 32.2. The maximum absolute atomic E-state index is 14.0. The van der Waals surface area contributed by atoms with Crippen molar-refractivity contribution in [1.29, 1.82) is 0 Å². The van der Waals surface area contributed by atoms with Crippen LogP contribution >= 0.6 is 11.8 Å². The normalized spacial score (nSPS) is 19.1. The second kappa shape index (κ2) is 9.93. The molecule has 7 nitrogen and oxygen atoms in total. The molecule has 1 saturated heterocycles. The molecule has 0 aliphatic carbocycles. The first-order valence-corrected chi connectivity index (χ1v) is 11.5. The van der Waals surface area contributed by atoms with Gasteiger partial charge in [-0.2, -0.15) is 0 Å². The number of hydrogen-bond acceptors (Lipinski definition) is 5. The Bertz CT molecular complexity index is 1050. The number of nitrogens with one attached hydrogen (secondary N) is 1. The number of carboxylic acids is 1. The van der Waals surface area contributed by atoms with Crippen molar-refractivity contribution in [2.24, 2.45) is 0 Å². The quantitative estimate of drug-likeness (QED) is 0.570. The molecular weight excluding hydrogens is 447 g/mol. The molecule has 0 bridgehead atoms. The predicted octanol–water partition coefficient (Wildman–Crippen LogP) is 2.60. The number of benzene rings is 2. The standard InChI is InChI=1S/C24H27FN2O5S/c1-14-16(10-7-11-17(14)25)21(29)26-18(12-15-8-5-4-6-9-15)19(28)22(30)27-13-33-24(2,3)20(27)23(31)32/h4-11,18-20,28H,12-13H2,1-3H3,(H,26,29)(H,31,32)/t18-,19-,20+/m0/s1. The second-order valence-electron chi connectivity index (χ2n) is 8.55. The molecule has 1 fully saturated rings. The lowest BCUT2D eigenvalue weighted by molar-refractivity contribution is -0.154. The lowest BCUT2D eigenvalue weighted by Crippen LogP contribution is -2.57. The summed E-state index contributed by atoms with van der Waals surface area (Å²) in [5.41, 5.74) is 1.00. The van der Waals surface area contributed by atoms with Crippen LogP contribution in [0.5, 0.6) is 0 Å². The van der Waals surface area contributed by atoms with Crippen LogP contribution in [0.2, 0.25) is 0 Å². The van der Waals surface area contributed by atoms with Crippen molar-refractivity contribution < 1.29 is 29.0 Å². The molecule has 176 valence electrons. The topological polar surface area (TPSA) is 107 Å². The Morgan fingerprint density at radius 2 is 1.85 bits per heavy atom. The van der Waals surface area contributed by atoms with E-state index in [9.17, 15) is 29.0 Å². The SMILES string of the molecule is Cc1c(F)cccc1C(=O)N[C@@H](Cc1ccccc1)[C@H](O)C(=O)N1CSC(C)(C)[C@H]1C(=O)O. The Morgan fingerprint density at radius 1 is 1.18 bits per heavy atom. The van der Waals surface area contributed by atoms with Gasteiger partial charge < -0.3 is 20.4 Å². The lowest BCUT2D eigenvalue weighted by atomic mass is 9.97. The van der Waals surface area contributed by atoms with Crippen molar-refractivity contribution in [3.63, 3.8) is 0 Å². The van der Waals surface area contributed by atoms with Crippen molar-refractivity contribution >= 4 is 29.5 Å². The van der Waals surface area contributed by atoms with Crippen molar-refractivity contribution in [2.45, 2.75) is 50.1 Å². The molecule has 2 aromatic carbocycles. The highest BCUT2D eigenvalue weighted by molar-refractivity contribution is 8.00. The van der Waals surface area contributed by atoms with E-state index in [2.05, 4.69) is 5.32 Å². The molecule has 2 aromatic rings. The van der Waals surface area contributed by atoms with Crippen molar-refractivity contribution in [3.8, 4) is 0 Å². The van der Waals surface area contributed by atoms with Crippen molar-refractivity contribution in [2.75, 3.05) is 5.88 Å². The van der Waals surface area contributed by atoms with Gasteiger partial charge in [0.25, 0.3) is 11.8 Å². The summed E-state index contributed by atoms with van der Waals surface area (Å²) in [6, 6.07) is 10.9. The molecule has 0 spiro atoms. The monoisotopic (exact) mass is 474 g/mol. The summed E-state index contributed by atoms with van der Waals surface area (Å²) in [6.07, 6.45) is -1.57. The zero-order valence-electron chi connectivity index (χ0n) is 18.6. The molecule has 3 rings (SSSR count). The Kier molecular flexibility index (Phi) is 7.44. The van der Waals surface area contributed by atoms with Gasteiger partial charge in [-0.25, -0.2) is 9.18 Å². The van der Waals surface area contributed by atoms with E-state index in [0.717, 1.165) is 10.5 Å². The first kappa shape index (κ1) is 24.7. The number of carbonyl (C=O) groups excluding carboxylic acids is 2. The Hall–Kier alpha value is -2.91. The summed E-state index contributed by atoms with van der Waals surface area (Å²) in [5.74, 6) is -3.01. The van der Waals surface area contributed by atoms with E-state index >= 15 is 0 Å². The molecule has 33 heavy (non-hydrogen) atoms. The minimum Gasteiger partial charge on any atom is -0.480 e. The number of hydrogen-bond donors (Lipinski definition) is 3. The van der Waals surface area contributed by atoms with Crippen LogP contribution in [0.3, 0.4) is 0 Å². The first-order valence-electron chi connectivity index (χ1n) is 10.5. The Morgan fingerprint density at radius 3 is 2.48 bits per heavy atom. The number of carbonyl (C=O) groups is 3. The van der Waals surface area contributed by atoms with Gasteiger partial charge in [0.1, 0.15) is 11.9 Å². The van der Waals surface area contributed by atoms with Gasteiger partial charge in [-0.05, 0) is 50.5 Å². The number of amides is 2. The molecule has 1 aliphatic rings. The smallest absolute Gasteiger partial charge is 0.327 e. The van der Waals surface area contributed by atoms with Gasteiger partial charge in [0.05, 0.1) is 11.9 Å². The summed E-state index contributed by atoms with van der Waals surface area (Å²) in [6.45, 7) is 4.93. The van der Waals surface area contributed by atoms with Gasteiger partial charge in [0.15, 0.2) is 6.10 Å². The fourth-order valence-electron chi connectivity index (χ4n) is 3.94. The number of thioether (sulfide) groups is 1. The van der Waals surface area contributed by atoms with E-state index in [0.29, 0.717) is 0 Å². The number of aliphatic carboxylic acids is 1. The van der Waals surface area contributed by atoms with Crippen LogP contribution in [0.1, 0.15) is 35.3 Å². The summed E-state index contributed by atoms with van der Waals surface area (Å²) >= 11 is 1.30. The molecule has 0 aromatic heterocycles. The van der Waals surface area contributed by atoms with E-state index in [1.165, 1.54) is 36.9 Å². The van der Waals surface area contributed by atoms with Crippen molar-refractivity contribution in [3.05, 3.63) is 71.0 Å².